The number of aromatic hydroxyl groups is 1. The predicted molar refractivity (Wildman–Crippen MR) is 96.7 cm³/mol. The predicted octanol–water partition coefficient (Wildman–Crippen LogP) is 3.30. The summed E-state index contributed by atoms with van der Waals surface area (Å²) in [5.41, 5.74) is 0.852. The van der Waals surface area contributed by atoms with Crippen molar-refractivity contribution in [2.24, 2.45) is 5.92 Å². The number of hydrogen-bond donors (Lipinski definition) is 2. The number of carbonyl (C=O) groups excluding carboxylic acids is 2. The minimum Gasteiger partial charge on any atom is -0.506 e. The lowest BCUT2D eigenvalue weighted by Crippen LogP contribution is -2.31. The van der Waals surface area contributed by atoms with Crippen molar-refractivity contribution in [3.63, 3.8) is 0 Å². The van der Waals surface area contributed by atoms with Crippen LogP contribution in [0.3, 0.4) is 0 Å². The minimum atomic E-state index is -0.837. The highest BCUT2D eigenvalue weighted by molar-refractivity contribution is 6.16. The number of aliphatic hydroxyl groups is 1. The number of para-hydroxylation sites is 2. The standard InChI is InChI=1S/C20H20N2O4/c1-12(2)10-16(24)17-18(13-6-5-9-21-11-13)22(20(26)19(17)25)14-7-3-4-8-15(14)23/h3-9,11-12,18,23,25H,10H2,1-2H3. The summed E-state index contributed by atoms with van der Waals surface area (Å²) in [6, 6.07) is 8.93. The molecule has 0 saturated heterocycles. The van der Waals surface area contributed by atoms with E-state index in [-0.39, 0.29) is 35.1 Å². The van der Waals surface area contributed by atoms with Crippen molar-refractivity contribution in [1.29, 1.82) is 0 Å². The summed E-state index contributed by atoms with van der Waals surface area (Å²) >= 11 is 0. The van der Waals surface area contributed by atoms with Gasteiger partial charge < -0.3 is 10.2 Å². The summed E-state index contributed by atoms with van der Waals surface area (Å²) < 4.78 is 0. The number of anilines is 1. The van der Waals surface area contributed by atoms with E-state index in [1.165, 1.54) is 11.0 Å². The molecule has 2 N–H and O–H groups in total. The zero-order valence-corrected chi connectivity index (χ0v) is 14.6. The Morgan fingerprint density at radius 3 is 2.54 bits per heavy atom. The maximum absolute atomic E-state index is 12.8. The van der Waals surface area contributed by atoms with Crippen LogP contribution in [0.15, 0.2) is 60.1 Å². The van der Waals surface area contributed by atoms with Gasteiger partial charge in [0.25, 0.3) is 5.91 Å². The number of carbonyl (C=O) groups is 2. The lowest BCUT2D eigenvalue weighted by Gasteiger charge is -2.27. The van der Waals surface area contributed by atoms with E-state index in [1.807, 2.05) is 13.8 Å². The Kier molecular flexibility index (Phi) is 4.75. The van der Waals surface area contributed by atoms with Gasteiger partial charge in [-0.25, -0.2) is 0 Å². The van der Waals surface area contributed by atoms with Gasteiger partial charge in [0.2, 0.25) is 0 Å². The van der Waals surface area contributed by atoms with E-state index < -0.39 is 17.7 Å². The molecule has 1 atom stereocenters. The Morgan fingerprint density at radius 2 is 1.92 bits per heavy atom. The SMILES string of the molecule is CC(C)CC(=O)C1=C(O)C(=O)N(c2ccccc2O)C1c1cccnc1. The third-order valence-corrected chi connectivity index (χ3v) is 4.24. The van der Waals surface area contributed by atoms with Gasteiger partial charge in [-0.05, 0) is 29.7 Å². The van der Waals surface area contributed by atoms with Gasteiger partial charge in [0.05, 0.1) is 17.3 Å². The van der Waals surface area contributed by atoms with E-state index in [1.54, 1.807) is 42.7 Å². The highest BCUT2D eigenvalue weighted by atomic mass is 16.3. The number of phenolic OH excluding ortho intramolecular Hbond substituents is 1. The van der Waals surface area contributed by atoms with Gasteiger partial charge in [-0.3, -0.25) is 19.5 Å². The summed E-state index contributed by atoms with van der Waals surface area (Å²) in [7, 11) is 0. The van der Waals surface area contributed by atoms with E-state index in [0.717, 1.165) is 0 Å². The molecule has 1 aliphatic rings. The lowest BCUT2D eigenvalue weighted by atomic mass is 9.92. The molecule has 1 aliphatic heterocycles. The third kappa shape index (κ3) is 3.06. The minimum absolute atomic E-state index is 0.0416. The molecular formula is C20H20N2O4. The monoisotopic (exact) mass is 352 g/mol. The van der Waals surface area contributed by atoms with Crippen molar-refractivity contribution in [2.75, 3.05) is 4.90 Å². The van der Waals surface area contributed by atoms with Gasteiger partial charge in [-0.2, -0.15) is 0 Å². The van der Waals surface area contributed by atoms with Crippen molar-refractivity contribution in [1.82, 2.24) is 4.98 Å². The molecule has 1 aromatic heterocycles. The molecule has 6 nitrogen and oxygen atoms in total. The van der Waals surface area contributed by atoms with Crippen LogP contribution in [-0.4, -0.2) is 26.9 Å². The molecule has 26 heavy (non-hydrogen) atoms. The third-order valence-electron chi connectivity index (χ3n) is 4.24. The molecule has 1 amide bonds. The van der Waals surface area contributed by atoms with Gasteiger partial charge in [-0.15, -0.1) is 0 Å². The van der Waals surface area contributed by atoms with Crippen LogP contribution >= 0.6 is 0 Å². The van der Waals surface area contributed by atoms with Crippen LogP contribution in [0, 0.1) is 5.92 Å². The van der Waals surface area contributed by atoms with E-state index >= 15 is 0 Å². The molecule has 2 aromatic rings. The largest absolute Gasteiger partial charge is 0.506 e. The number of aromatic nitrogens is 1. The van der Waals surface area contributed by atoms with Gasteiger partial charge in [-0.1, -0.05) is 32.0 Å². The second kappa shape index (κ2) is 7.00. The number of ketones is 1. The molecule has 134 valence electrons. The van der Waals surface area contributed by atoms with Crippen LogP contribution in [-0.2, 0) is 9.59 Å². The average Bonchev–Trinajstić information content (AvgIpc) is 2.87. The summed E-state index contributed by atoms with van der Waals surface area (Å²) in [5, 5.41) is 20.7. The van der Waals surface area contributed by atoms with E-state index in [0.29, 0.717) is 5.56 Å². The van der Waals surface area contributed by atoms with Crippen molar-refractivity contribution >= 4 is 17.4 Å². The molecule has 3 rings (SSSR count). The smallest absolute Gasteiger partial charge is 0.294 e. The molecule has 6 heteroatoms. The van der Waals surface area contributed by atoms with Gasteiger partial charge >= 0.3 is 0 Å². The molecule has 1 unspecified atom stereocenters. The molecule has 0 spiro atoms. The first kappa shape index (κ1) is 17.7. The van der Waals surface area contributed by atoms with Gasteiger partial charge in [0, 0.05) is 18.8 Å². The number of pyridine rings is 1. The number of benzene rings is 1. The van der Waals surface area contributed by atoms with Crippen molar-refractivity contribution in [3.05, 3.63) is 65.7 Å². The first-order valence-corrected chi connectivity index (χ1v) is 8.39. The van der Waals surface area contributed by atoms with Crippen LogP contribution in [0.25, 0.3) is 0 Å². The average molecular weight is 352 g/mol. The Hall–Kier alpha value is -3.15. The number of nitrogens with zero attached hydrogens (tertiary/aromatic N) is 2. The Morgan fingerprint density at radius 1 is 1.19 bits per heavy atom. The maximum atomic E-state index is 12.8. The Bertz CT molecular complexity index is 874. The summed E-state index contributed by atoms with van der Waals surface area (Å²) in [6.07, 6.45) is 3.34. The van der Waals surface area contributed by atoms with Crippen LogP contribution in [0.1, 0.15) is 31.9 Å². The summed E-state index contributed by atoms with van der Waals surface area (Å²) in [4.78, 5) is 30.9. The van der Waals surface area contributed by atoms with Gasteiger partial charge in [0.15, 0.2) is 11.5 Å². The number of phenols is 1. The molecule has 0 bridgehead atoms. The number of Topliss-reactive ketones (excluding diaryl/α,β-unsaturated/α-hetero) is 1. The fraction of sp³-hybridized carbons (Fsp3) is 0.250. The van der Waals surface area contributed by atoms with Crippen LogP contribution in [0.2, 0.25) is 0 Å². The molecule has 2 heterocycles. The first-order valence-electron chi connectivity index (χ1n) is 8.39. The van der Waals surface area contributed by atoms with Crippen molar-refractivity contribution in [2.45, 2.75) is 26.3 Å². The zero-order valence-electron chi connectivity index (χ0n) is 14.6. The Labute approximate surface area is 151 Å². The second-order valence-electron chi connectivity index (χ2n) is 6.64. The quantitative estimate of drug-likeness (QED) is 0.861. The van der Waals surface area contributed by atoms with Crippen molar-refractivity contribution in [3.8, 4) is 5.75 Å². The van der Waals surface area contributed by atoms with E-state index in [9.17, 15) is 19.8 Å². The number of hydrogen-bond acceptors (Lipinski definition) is 5. The highest BCUT2D eigenvalue weighted by Crippen LogP contribution is 2.43. The molecule has 0 aliphatic carbocycles. The van der Waals surface area contributed by atoms with Crippen LogP contribution in [0.5, 0.6) is 5.75 Å². The molecule has 0 radical (unpaired) electrons. The lowest BCUT2D eigenvalue weighted by molar-refractivity contribution is -0.118. The fourth-order valence-corrected chi connectivity index (χ4v) is 3.14. The summed E-state index contributed by atoms with van der Waals surface area (Å²) in [6.45, 7) is 3.79. The van der Waals surface area contributed by atoms with Crippen LogP contribution in [0.4, 0.5) is 5.69 Å². The summed E-state index contributed by atoms with van der Waals surface area (Å²) in [5.74, 6) is -1.62. The molecular weight excluding hydrogens is 332 g/mol. The maximum Gasteiger partial charge on any atom is 0.294 e. The molecule has 0 saturated carbocycles. The number of aliphatic hydroxyl groups excluding tert-OH is 1. The second-order valence-corrected chi connectivity index (χ2v) is 6.64. The number of rotatable bonds is 5. The van der Waals surface area contributed by atoms with Gasteiger partial charge in [0.1, 0.15) is 5.75 Å². The fourth-order valence-electron chi connectivity index (χ4n) is 3.14. The number of amides is 1. The Balaban J connectivity index is 2.16. The first-order chi connectivity index (χ1) is 12.4. The normalized spacial score (nSPS) is 17.3. The zero-order chi connectivity index (χ0) is 18.8. The van der Waals surface area contributed by atoms with Crippen molar-refractivity contribution < 1.29 is 19.8 Å². The molecule has 1 aromatic carbocycles. The van der Waals surface area contributed by atoms with Crippen LogP contribution < -0.4 is 4.90 Å². The van der Waals surface area contributed by atoms with E-state index in [2.05, 4.69) is 4.98 Å². The molecule has 0 fully saturated rings. The topological polar surface area (TPSA) is 90.7 Å². The highest BCUT2D eigenvalue weighted by Gasteiger charge is 2.45. The van der Waals surface area contributed by atoms with E-state index in [4.69, 9.17) is 0 Å².